The van der Waals surface area contributed by atoms with Crippen molar-refractivity contribution in [3.05, 3.63) is 17.8 Å². The fourth-order valence-corrected chi connectivity index (χ4v) is 1.04. The maximum Gasteiger partial charge on any atom is 0.411 e. The smallest absolute Gasteiger partial charge is 0.411 e. The molecule has 0 fully saturated rings. The SMILES string of the molecule is FC(F)(F)COCc1cnc(CCCl)o1. The van der Waals surface area contributed by atoms with E-state index in [4.69, 9.17) is 16.0 Å². The summed E-state index contributed by atoms with van der Waals surface area (Å²) >= 11 is 5.43. The van der Waals surface area contributed by atoms with Gasteiger partial charge in [0.15, 0.2) is 5.89 Å². The summed E-state index contributed by atoms with van der Waals surface area (Å²) in [5, 5.41) is 0. The first kappa shape index (κ1) is 12.3. The van der Waals surface area contributed by atoms with Crippen LogP contribution in [0.3, 0.4) is 0 Å². The molecule has 7 heteroatoms. The van der Waals surface area contributed by atoms with Gasteiger partial charge < -0.3 is 9.15 Å². The molecule has 0 unspecified atom stereocenters. The van der Waals surface area contributed by atoms with Crippen LogP contribution in [0.2, 0.25) is 0 Å². The molecule has 0 bridgehead atoms. The first-order valence-corrected chi connectivity index (χ1v) is 4.69. The largest absolute Gasteiger partial charge is 0.443 e. The lowest BCUT2D eigenvalue weighted by Gasteiger charge is -2.05. The molecule has 0 spiro atoms. The fraction of sp³-hybridized carbons (Fsp3) is 0.625. The molecule has 0 aliphatic carbocycles. The topological polar surface area (TPSA) is 35.3 Å². The molecule has 0 radical (unpaired) electrons. The van der Waals surface area contributed by atoms with Gasteiger partial charge in [0.2, 0.25) is 0 Å². The van der Waals surface area contributed by atoms with Crippen LogP contribution in [0.15, 0.2) is 10.6 Å². The van der Waals surface area contributed by atoms with Crippen LogP contribution in [-0.2, 0) is 17.8 Å². The molecule has 3 nitrogen and oxygen atoms in total. The number of oxazole rings is 1. The highest BCUT2D eigenvalue weighted by Gasteiger charge is 2.27. The molecular weight excluding hydrogens is 235 g/mol. The van der Waals surface area contributed by atoms with E-state index in [1.54, 1.807) is 0 Å². The van der Waals surface area contributed by atoms with Crippen LogP contribution in [0.1, 0.15) is 11.7 Å². The van der Waals surface area contributed by atoms with Gasteiger partial charge in [-0.15, -0.1) is 11.6 Å². The molecule has 0 amide bonds. The maximum absolute atomic E-state index is 11.7. The van der Waals surface area contributed by atoms with E-state index < -0.39 is 12.8 Å². The molecule has 1 aromatic heterocycles. The minimum Gasteiger partial charge on any atom is -0.443 e. The van der Waals surface area contributed by atoms with Gasteiger partial charge in [0.1, 0.15) is 19.0 Å². The van der Waals surface area contributed by atoms with Crippen LogP contribution < -0.4 is 0 Å². The van der Waals surface area contributed by atoms with E-state index in [1.807, 2.05) is 0 Å². The van der Waals surface area contributed by atoms with Crippen LogP contribution in [0.25, 0.3) is 0 Å². The molecule has 1 aromatic rings. The van der Waals surface area contributed by atoms with Gasteiger partial charge in [0.25, 0.3) is 0 Å². The van der Waals surface area contributed by atoms with E-state index in [0.29, 0.717) is 18.2 Å². The fourth-order valence-electron chi connectivity index (χ4n) is 0.879. The van der Waals surface area contributed by atoms with Crippen LogP contribution in [0, 0.1) is 0 Å². The van der Waals surface area contributed by atoms with E-state index in [-0.39, 0.29) is 12.4 Å². The summed E-state index contributed by atoms with van der Waals surface area (Å²) in [6.45, 7) is -1.53. The van der Waals surface area contributed by atoms with Crippen molar-refractivity contribution in [2.75, 3.05) is 12.5 Å². The van der Waals surface area contributed by atoms with Gasteiger partial charge in [-0.1, -0.05) is 0 Å². The third-order valence-corrected chi connectivity index (χ3v) is 1.61. The standard InChI is InChI=1S/C8H9ClF3NO2/c9-2-1-7-13-3-6(15-7)4-14-5-8(10,11)12/h3H,1-2,4-5H2. The molecular formula is C8H9ClF3NO2. The van der Waals surface area contributed by atoms with Crippen molar-refractivity contribution in [2.24, 2.45) is 0 Å². The van der Waals surface area contributed by atoms with Crippen molar-refractivity contribution in [3.63, 3.8) is 0 Å². The molecule has 1 rings (SSSR count). The van der Waals surface area contributed by atoms with Crippen molar-refractivity contribution in [2.45, 2.75) is 19.2 Å². The molecule has 0 atom stereocenters. The zero-order chi connectivity index (χ0) is 11.3. The number of ether oxygens (including phenoxy) is 1. The first-order valence-electron chi connectivity index (χ1n) is 4.15. The first-order chi connectivity index (χ1) is 7.01. The van der Waals surface area contributed by atoms with Crippen LogP contribution in [0.5, 0.6) is 0 Å². The lowest BCUT2D eigenvalue weighted by Crippen LogP contribution is -2.16. The summed E-state index contributed by atoms with van der Waals surface area (Å²) in [6.07, 6.45) is -2.54. The van der Waals surface area contributed by atoms with Crippen molar-refractivity contribution >= 4 is 11.6 Å². The van der Waals surface area contributed by atoms with E-state index in [9.17, 15) is 13.2 Å². The normalized spacial score (nSPS) is 12.0. The molecule has 0 saturated heterocycles. The van der Waals surface area contributed by atoms with Gasteiger partial charge in [0, 0.05) is 12.3 Å². The zero-order valence-corrected chi connectivity index (χ0v) is 8.44. The Hall–Kier alpha value is -0.750. The third kappa shape index (κ3) is 5.03. The Kier molecular flexibility index (Phi) is 4.41. The summed E-state index contributed by atoms with van der Waals surface area (Å²) in [5.74, 6) is 1.01. The summed E-state index contributed by atoms with van der Waals surface area (Å²) in [5.41, 5.74) is 0. The monoisotopic (exact) mass is 243 g/mol. The van der Waals surface area contributed by atoms with Gasteiger partial charge in [-0.25, -0.2) is 4.98 Å². The second kappa shape index (κ2) is 5.37. The Morgan fingerprint density at radius 3 is 2.80 bits per heavy atom. The lowest BCUT2D eigenvalue weighted by molar-refractivity contribution is -0.177. The van der Waals surface area contributed by atoms with Crippen LogP contribution in [0.4, 0.5) is 13.2 Å². The summed E-state index contributed by atoms with van der Waals surface area (Å²) in [6, 6.07) is 0. The molecule has 0 aliphatic heterocycles. The van der Waals surface area contributed by atoms with E-state index in [2.05, 4.69) is 9.72 Å². The number of hydrogen-bond donors (Lipinski definition) is 0. The van der Waals surface area contributed by atoms with E-state index >= 15 is 0 Å². The number of aromatic nitrogens is 1. The highest BCUT2D eigenvalue weighted by Crippen LogP contribution is 2.15. The predicted octanol–water partition coefficient (Wildman–Crippen LogP) is 2.53. The lowest BCUT2D eigenvalue weighted by atomic mass is 10.5. The van der Waals surface area contributed by atoms with Gasteiger partial charge in [0.05, 0.1) is 6.20 Å². The van der Waals surface area contributed by atoms with Crippen LogP contribution in [-0.4, -0.2) is 23.6 Å². The summed E-state index contributed by atoms with van der Waals surface area (Å²) in [4.78, 5) is 3.81. The second-order valence-corrected chi connectivity index (χ2v) is 3.15. The molecule has 15 heavy (non-hydrogen) atoms. The minimum absolute atomic E-state index is 0.241. The maximum atomic E-state index is 11.7. The highest BCUT2D eigenvalue weighted by molar-refractivity contribution is 6.17. The van der Waals surface area contributed by atoms with E-state index in [0.717, 1.165) is 0 Å². The third-order valence-electron chi connectivity index (χ3n) is 1.42. The Bertz CT molecular complexity index is 300. The highest BCUT2D eigenvalue weighted by atomic mass is 35.5. The van der Waals surface area contributed by atoms with Gasteiger partial charge >= 0.3 is 6.18 Å². The van der Waals surface area contributed by atoms with E-state index in [1.165, 1.54) is 6.20 Å². The number of halogens is 4. The Balaban J connectivity index is 2.31. The average Bonchev–Trinajstić information content (AvgIpc) is 2.51. The van der Waals surface area contributed by atoms with Crippen LogP contribution >= 0.6 is 11.6 Å². The Labute approximate surface area is 89.2 Å². The number of rotatable bonds is 5. The minimum atomic E-state index is -4.32. The molecule has 0 aromatic carbocycles. The average molecular weight is 244 g/mol. The molecule has 1 heterocycles. The zero-order valence-electron chi connectivity index (χ0n) is 7.68. The van der Waals surface area contributed by atoms with Crippen molar-refractivity contribution in [1.82, 2.24) is 4.98 Å². The van der Waals surface area contributed by atoms with Crippen molar-refractivity contribution in [1.29, 1.82) is 0 Å². The number of alkyl halides is 4. The Morgan fingerprint density at radius 1 is 1.47 bits per heavy atom. The number of hydrogen-bond acceptors (Lipinski definition) is 3. The van der Waals surface area contributed by atoms with Gasteiger partial charge in [-0.05, 0) is 0 Å². The van der Waals surface area contributed by atoms with Gasteiger partial charge in [-0.3, -0.25) is 0 Å². The molecule has 0 aliphatic rings. The predicted molar refractivity (Wildman–Crippen MR) is 46.6 cm³/mol. The van der Waals surface area contributed by atoms with Crippen molar-refractivity contribution < 1.29 is 22.3 Å². The quantitative estimate of drug-likeness (QED) is 0.746. The summed E-state index contributed by atoms with van der Waals surface area (Å²) in [7, 11) is 0. The second-order valence-electron chi connectivity index (χ2n) is 2.77. The van der Waals surface area contributed by atoms with Gasteiger partial charge in [-0.2, -0.15) is 13.2 Å². The Morgan fingerprint density at radius 2 is 2.20 bits per heavy atom. The summed E-state index contributed by atoms with van der Waals surface area (Å²) < 4.78 is 44.5. The molecule has 86 valence electrons. The molecule has 0 saturated carbocycles. The van der Waals surface area contributed by atoms with Crippen molar-refractivity contribution in [3.8, 4) is 0 Å². The number of aryl methyl sites for hydroxylation is 1. The number of nitrogens with zero attached hydrogens (tertiary/aromatic N) is 1. The molecule has 0 N–H and O–H groups in total.